The average Bonchev–Trinajstić information content (AvgIpc) is 3.31. The van der Waals surface area contributed by atoms with Gasteiger partial charge in [-0.1, -0.05) is 60.7 Å². The highest BCUT2D eigenvalue weighted by atomic mass is 16.7. The number of nitrogens with one attached hydrogen (secondary N) is 2. The van der Waals surface area contributed by atoms with E-state index in [2.05, 4.69) is 10.6 Å². The molecule has 9 atom stereocenters. The molecule has 0 aromatic heterocycles. The lowest BCUT2D eigenvalue weighted by molar-refractivity contribution is -0.314. The van der Waals surface area contributed by atoms with Gasteiger partial charge in [-0.2, -0.15) is 0 Å². The van der Waals surface area contributed by atoms with Crippen molar-refractivity contribution in [1.29, 1.82) is 0 Å². The summed E-state index contributed by atoms with van der Waals surface area (Å²) in [5, 5.41) is 17.2. The highest BCUT2D eigenvalue weighted by molar-refractivity contribution is 5.85. The number of aliphatic hydroxyl groups is 1. The quantitative estimate of drug-likeness (QED) is 0.130. The number of carbonyl (C=O) groups excluding carboxylic acids is 9. The van der Waals surface area contributed by atoms with Crippen LogP contribution in [0.3, 0.4) is 0 Å². The third-order valence-corrected chi connectivity index (χ3v) is 8.46. The fraction of sp³-hybridized carbons (Fsp3) is 0.488. The Kier molecular flexibility index (Phi) is 15.9. The summed E-state index contributed by atoms with van der Waals surface area (Å²) < 4.78 is 85.6. The summed E-state index contributed by atoms with van der Waals surface area (Å²) in [6.07, 6.45) is -16.6. The van der Waals surface area contributed by atoms with Gasteiger partial charge in [0.05, 0.1) is 0 Å². The molecule has 0 radical (unpaired) electrons. The Morgan fingerprint density at radius 1 is 0.677 bits per heavy atom. The summed E-state index contributed by atoms with van der Waals surface area (Å²) in [7, 11) is 0. The molecule has 3 N–H and O–H groups in total. The van der Waals surface area contributed by atoms with Gasteiger partial charge in [-0.25, -0.2) is 4.79 Å². The van der Waals surface area contributed by atoms with Gasteiger partial charge < -0.3 is 58.4 Å². The van der Waals surface area contributed by atoms with Crippen LogP contribution in [0.25, 0.3) is 0 Å². The van der Waals surface area contributed by atoms with Gasteiger partial charge >= 0.3 is 47.9 Å². The highest BCUT2D eigenvalue weighted by Gasteiger charge is 2.58. The van der Waals surface area contributed by atoms with Crippen LogP contribution in [-0.2, 0) is 94.0 Å². The molecule has 0 saturated carbocycles. The van der Waals surface area contributed by atoms with Crippen LogP contribution in [0.4, 0.5) is 4.79 Å². The number of hydrogen-bond acceptors (Lipinski definition) is 19. The summed E-state index contributed by atoms with van der Waals surface area (Å²) in [4.78, 5) is 116. The minimum atomic E-state index is -2.62. The molecule has 62 heavy (non-hydrogen) atoms. The van der Waals surface area contributed by atoms with Crippen LogP contribution >= 0.6 is 0 Å². The van der Waals surface area contributed by atoms with Crippen LogP contribution in [0.5, 0.6) is 0 Å². The maximum absolute atomic E-state index is 14.4. The molecular weight excluding hydrogens is 824 g/mol. The summed E-state index contributed by atoms with van der Waals surface area (Å²) in [6, 6.07) is 14.7. The lowest BCUT2D eigenvalue weighted by atomic mass is 9.86. The van der Waals surface area contributed by atoms with Crippen molar-refractivity contribution in [1.82, 2.24) is 10.6 Å². The van der Waals surface area contributed by atoms with E-state index in [1.165, 1.54) is 0 Å². The SMILES string of the molecule is [2H]CC(=O)OC[C@@H](OC(=O)C[2H])[C@@H](OC(=O)C[2H])[C@H](OC(=O)C[2H])[C@@H](OC(=O)C[2H])C(=O)NC[C@H]1O[C@@](O)(Cc2ccccc2)[C@H](NC(=O)OCc2ccccc2)[C@@H](OC(C)=O)[C@@H]1OC(C)=O. The Morgan fingerprint density at radius 2 is 1.21 bits per heavy atom. The van der Waals surface area contributed by atoms with E-state index in [4.69, 9.17) is 49.5 Å². The van der Waals surface area contributed by atoms with Gasteiger partial charge in [-0.3, -0.25) is 38.4 Å². The van der Waals surface area contributed by atoms with E-state index in [1.807, 2.05) is 0 Å². The fourth-order valence-corrected chi connectivity index (χ4v) is 6.22. The van der Waals surface area contributed by atoms with Crippen LogP contribution in [0.1, 0.15) is 66.3 Å². The smallest absolute Gasteiger partial charge is 0.408 e. The zero-order valence-corrected chi connectivity index (χ0v) is 33.6. The molecule has 1 aliphatic rings. The minimum absolute atomic E-state index is 0.255. The lowest BCUT2D eigenvalue weighted by Crippen LogP contribution is -2.73. The lowest BCUT2D eigenvalue weighted by Gasteiger charge is -2.50. The van der Waals surface area contributed by atoms with Crippen molar-refractivity contribution in [2.75, 3.05) is 13.2 Å². The van der Waals surface area contributed by atoms with Gasteiger partial charge in [0, 0.05) is 68.2 Å². The van der Waals surface area contributed by atoms with Gasteiger partial charge in [0.1, 0.15) is 25.4 Å². The van der Waals surface area contributed by atoms with Crippen LogP contribution in [-0.4, -0.2) is 127 Å². The first-order chi connectivity index (χ1) is 31.9. The van der Waals surface area contributed by atoms with Crippen LogP contribution < -0.4 is 10.6 Å². The van der Waals surface area contributed by atoms with Crippen molar-refractivity contribution >= 4 is 53.8 Å². The molecule has 1 aliphatic heterocycles. The van der Waals surface area contributed by atoms with E-state index >= 15 is 0 Å². The molecular formula is C41H50N2O19. The van der Waals surface area contributed by atoms with Gasteiger partial charge in [0.25, 0.3) is 5.91 Å². The average molecular weight is 880 g/mol. The first-order valence-electron chi connectivity index (χ1n) is 21.8. The van der Waals surface area contributed by atoms with Gasteiger partial charge in [0.2, 0.25) is 6.10 Å². The zero-order valence-electron chi connectivity index (χ0n) is 38.6. The number of amides is 2. The highest BCUT2D eigenvalue weighted by Crippen LogP contribution is 2.35. The summed E-state index contributed by atoms with van der Waals surface area (Å²) in [6.45, 7) is -6.01. The van der Waals surface area contributed by atoms with Crippen molar-refractivity contribution in [2.45, 2.75) is 116 Å². The Morgan fingerprint density at radius 3 is 1.79 bits per heavy atom. The number of esters is 7. The van der Waals surface area contributed by atoms with Crippen molar-refractivity contribution < 1.29 is 97.7 Å². The molecule has 1 heterocycles. The Bertz CT molecular complexity index is 2020. The molecule has 1 saturated heterocycles. The Balaban J connectivity index is 2.17. The van der Waals surface area contributed by atoms with Crippen molar-refractivity contribution in [2.24, 2.45) is 0 Å². The number of ether oxygens (including phenoxy) is 9. The largest absolute Gasteiger partial charge is 0.462 e. The maximum Gasteiger partial charge on any atom is 0.408 e. The predicted octanol–water partition coefficient (Wildman–Crippen LogP) is 0.881. The second-order valence-electron chi connectivity index (χ2n) is 13.3. The zero-order chi connectivity index (χ0) is 49.7. The second-order valence-corrected chi connectivity index (χ2v) is 13.3. The molecule has 0 spiro atoms. The van der Waals surface area contributed by atoms with Crippen molar-refractivity contribution in [3.63, 3.8) is 0 Å². The number of hydrogen-bond donors (Lipinski definition) is 3. The Labute approximate surface area is 362 Å². The van der Waals surface area contributed by atoms with E-state index in [-0.39, 0.29) is 6.61 Å². The van der Waals surface area contributed by atoms with E-state index in [0.29, 0.717) is 11.1 Å². The van der Waals surface area contributed by atoms with E-state index in [9.17, 15) is 48.3 Å². The molecule has 0 bridgehead atoms. The van der Waals surface area contributed by atoms with Crippen LogP contribution in [0.2, 0.25) is 0 Å². The molecule has 21 nitrogen and oxygen atoms in total. The number of alkyl carbamates (subject to hydrolysis) is 1. The third-order valence-electron chi connectivity index (χ3n) is 8.46. The molecule has 2 amide bonds. The molecule has 3 rings (SSSR count). The van der Waals surface area contributed by atoms with Gasteiger partial charge in [-0.05, 0) is 11.1 Å². The molecule has 1 fully saturated rings. The molecule has 21 heteroatoms. The summed E-state index contributed by atoms with van der Waals surface area (Å²) in [5.74, 6) is -13.2. The molecule has 0 aliphatic carbocycles. The third kappa shape index (κ3) is 15.8. The molecule has 0 unspecified atom stereocenters. The number of benzene rings is 2. The molecule has 2 aromatic carbocycles. The Hall–Kier alpha value is -6.61. The first-order valence-corrected chi connectivity index (χ1v) is 18.3. The normalized spacial score (nSPS) is 22.2. The van der Waals surface area contributed by atoms with Gasteiger partial charge in [-0.15, -0.1) is 0 Å². The van der Waals surface area contributed by atoms with E-state index in [0.717, 1.165) is 13.8 Å². The van der Waals surface area contributed by atoms with Crippen molar-refractivity contribution in [3.8, 4) is 0 Å². The fourth-order valence-electron chi connectivity index (χ4n) is 6.22. The number of rotatable bonds is 19. The first kappa shape index (κ1) is 42.1. The van der Waals surface area contributed by atoms with Crippen molar-refractivity contribution in [3.05, 3.63) is 71.8 Å². The predicted molar refractivity (Wildman–Crippen MR) is 206 cm³/mol. The van der Waals surface area contributed by atoms with Crippen LogP contribution in [0.15, 0.2) is 60.7 Å². The van der Waals surface area contributed by atoms with E-state index in [1.54, 1.807) is 60.7 Å². The topological polar surface area (TPSA) is 281 Å². The second kappa shape index (κ2) is 23.4. The summed E-state index contributed by atoms with van der Waals surface area (Å²) >= 11 is 0. The summed E-state index contributed by atoms with van der Waals surface area (Å²) in [5.41, 5.74) is 0.956. The minimum Gasteiger partial charge on any atom is -0.462 e. The molecule has 2 aromatic rings. The van der Waals surface area contributed by atoms with E-state index < -0.39 is 162 Å². The number of carbonyl (C=O) groups is 9. The standard InChI is InChI=1S/C41H50N2O19/c1-22(44)54-21-32(56-23(2)45)34(58-25(4)47)35(59-26(5)48)37(61-28(7)50)39(51)42-19-31-33(57-24(3)46)36(60-27(6)49)38(41(53,62-31)18-29-14-10-8-11-15-29)43-40(52)55-20-30-16-12-9-13-17-30/h8-17,31-38,53H,18-21H2,1-7H3,(H,42,51)(H,43,52)/t31-,32-,33-,34-,35+,36+,37-,38-,41+/m1/s1/i1D,2D,4D,5D,7D. The van der Waals surface area contributed by atoms with Crippen LogP contribution in [0, 0.1) is 0 Å². The monoisotopic (exact) mass is 879 g/mol. The molecule has 338 valence electrons. The van der Waals surface area contributed by atoms with Gasteiger partial charge in [0.15, 0.2) is 36.3 Å². The maximum atomic E-state index is 14.4.